The van der Waals surface area contributed by atoms with Crippen LogP contribution in [0.2, 0.25) is 0 Å². The molecule has 0 aromatic rings. The van der Waals surface area contributed by atoms with E-state index in [9.17, 15) is 14.7 Å². The summed E-state index contributed by atoms with van der Waals surface area (Å²) in [5.41, 5.74) is 0. The average Bonchev–Trinajstić information content (AvgIpc) is 2.24. The highest BCUT2D eigenvalue weighted by Gasteiger charge is 2.28. The molecule has 5 heteroatoms. The van der Waals surface area contributed by atoms with Gasteiger partial charge in [-0.15, -0.1) is 0 Å². The molecule has 18 heavy (non-hydrogen) atoms. The van der Waals surface area contributed by atoms with Crippen molar-refractivity contribution < 1.29 is 19.8 Å². The molecule has 0 fully saturated rings. The van der Waals surface area contributed by atoms with Crippen LogP contribution in [0, 0.1) is 11.8 Å². The van der Waals surface area contributed by atoms with E-state index in [4.69, 9.17) is 5.11 Å². The number of hydrogen-bond donors (Lipinski definition) is 2. The van der Waals surface area contributed by atoms with Gasteiger partial charge in [0.1, 0.15) is 6.04 Å². The number of carboxylic acid groups (broad SMARTS) is 2. The van der Waals surface area contributed by atoms with Gasteiger partial charge in [-0.2, -0.15) is 0 Å². The third-order valence-electron chi connectivity index (χ3n) is 2.86. The monoisotopic (exact) mass is 259 g/mol. The van der Waals surface area contributed by atoms with Gasteiger partial charge in [0, 0.05) is 6.54 Å². The Kier molecular flexibility index (Phi) is 7.59. The maximum atomic E-state index is 11.3. The van der Waals surface area contributed by atoms with Crippen LogP contribution < -0.4 is 0 Å². The Labute approximate surface area is 109 Å². The van der Waals surface area contributed by atoms with E-state index in [-0.39, 0.29) is 12.5 Å². The summed E-state index contributed by atoms with van der Waals surface area (Å²) in [6.07, 6.45) is 1.36. The molecule has 0 aliphatic carbocycles. The number of nitrogens with zero attached hydrogens (tertiary/aromatic N) is 1. The van der Waals surface area contributed by atoms with Crippen LogP contribution in [0.5, 0.6) is 0 Å². The zero-order valence-electron chi connectivity index (χ0n) is 11.7. The van der Waals surface area contributed by atoms with E-state index in [0.29, 0.717) is 13.0 Å². The SMILES string of the molecule is CCCN(CC(C)C(=O)O)C(CC(C)C)C(=O)O. The standard InChI is InChI=1S/C13H25NO4/c1-5-6-14(8-10(4)12(15)16)11(13(17)18)7-9(2)3/h9-11H,5-8H2,1-4H3,(H,15,16)(H,17,18). The molecule has 2 unspecified atom stereocenters. The van der Waals surface area contributed by atoms with Crippen LogP contribution in [-0.4, -0.2) is 46.2 Å². The van der Waals surface area contributed by atoms with Gasteiger partial charge < -0.3 is 10.2 Å². The van der Waals surface area contributed by atoms with E-state index in [1.807, 2.05) is 20.8 Å². The van der Waals surface area contributed by atoms with Gasteiger partial charge in [0.15, 0.2) is 0 Å². The highest BCUT2D eigenvalue weighted by molar-refractivity contribution is 5.74. The largest absolute Gasteiger partial charge is 0.481 e. The van der Waals surface area contributed by atoms with Gasteiger partial charge in [0.2, 0.25) is 0 Å². The van der Waals surface area contributed by atoms with Crippen molar-refractivity contribution in [3.63, 3.8) is 0 Å². The van der Waals surface area contributed by atoms with Gasteiger partial charge in [0.05, 0.1) is 5.92 Å². The van der Waals surface area contributed by atoms with E-state index in [1.54, 1.807) is 11.8 Å². The lowest BCUT2D eigenvalue weighted by Gasteiger charge is -2.30. The molecule has 0 rings (SSSR count). The molecule has 0 bridgehead atoms. The van der Waals surface area contributed by atoms with Gasteiger partial charge in [0.25, 0.3) is 0 Å². The van der Waals surface area contributed by atoms with E-state index in [2.05, 4.69) is 0 Å². The molecule has 0 amide bonds. The van der Waals surface area contributed by atoms with Gasteiger partial charge in [-0.05, 0) is 25.3 Å². The fourth-order valence-electron chi connectivity index (χ4n) is 1.94. The van der Waals surface area contributed by atoms with E-state index in [1.165, 1.54) is 0 Å². The fourth-order valence-corrected chi connectivity index (χ4v) is 1.94. The van der Waals surface area contributed by atoms with Crippen LogP contribution in [0.3, 0.4) is 0 Å². The Morgan fingerprint density at radius 2 is 1.67 bits per heavy atom. The Balaban J connectivity index is 4.79. The minimum absolute atomic E-state index is 0.269. The van der Waals surface area contributed by atoms with Crippen LogP contribution in [-0.2, 0) is 9.59 Å². The summed E-state index contributed by atoms with van der Waals surface area (Å²) in [6.45, 7) is 8.42. The lowest BCUT2D eigenvalue weighted by molar-refractivity contribution is -0.147. The topological polar surface area (TPSA) is 77.8 Å². The lowest BCUT2D eigenvalue weighted by Crippen LogP contribution is -2.45. The highest BCUT2D eigenvalue weighted by atomic mass is 16.4. The predicted octanol–water partition coefficient (Wildman–Crippen LogP) is 1.92. The van der Waals surface area contributed by atoms with Crippen LogP contribution >= 0.6 is 0 Å². The summed E-state index contributed by atoms with van der Waals surface area (Å²) in [4.78, 5) is 24.0. The quantitative estimate of drug-likeness (QED) is 0.661. The summed E-state index contributed by atoms with van der Waals surface area (Å²) < 4.78 is 0. The number of hydrogen-bond acceptors (Lipinski definition) is 3. The third-order valence-corrected chi connectivity index (χ3v) is 2.86. The van der Waals surface area contributed by atoms with Crippen LogP contribution in [0.25, 0.3) is 0 Å². The van der Waals surface area contributed by atoms with Crippen molar-refractivity contribution in [2.75, 3.05) is 13.1 Å². The van der Waals surface area contributed by atoms with Crippen molar-refractivity contribution in [1.82, 2.24) is 4.90 Å². The van der Waals surface area contributed by atoms with Crippen LogP contribution in [0.4, 0.5) is 0 Å². The summed E-state index contributed by atoms with van der Waals surface area (Å²) >= 11 is 0. The van der Waals surface area contributed by atoms with E-state index >= 15 is 0 Å². The maximum Gasteiger partial charge on any atom is 0.320 e. The molecule has 5 nitrogen and oxygen atoms in total. The summed E-state index contributed by atoms with van der Waals surface area (Å²) in [5, 5.41) is 18.2. The molecule has 0 heterocycles. The first kappa shape index (κ1) is 16.9. The van der Waals surface area contributed by atoms with Gasteiger partial charge >= 0.3 is 11.9 Å². The first-order valence-corrected chi connectivity index (χ1v) is 6.49. The third kappa shape index (κ3) is 6.00. The van der Waals surface area contributed by atoms with Gasteiger partial charge in [-0.1, -0.05) is 27.7 Å². The normalized spacial score (nSPS) is 14.8. The summed E-state index contributed by atoms with van der Waals surface area (Å²) in [5.74, 6) is -2.03. The average molecular weight is 259 g/mol. The van der Waals surface area contributed by atoms with Crippen LogP contribution in [0.1, 0.15) is 40.5 Å². The smallest absolute Gasteiger partial charge is 0.320 e. The fraction of sp³-hybridized carbons (Fsp3) is 0.846. The molecule has 2 N–H and O–H groups in total. The molecule has 0 aromatic heterocycles. The zero-order valence-corrected chi connectivity index (χ0v) is 11.7. The minimum atomic E-state index is -0.884. The number of rotatable bonds is 9. The number of carbonyl (C=O) groups is 2. The van der Waals surface area contributed by atoms with Crippen molar-refractivity contribution in [1.29, 1.82) is 0 Å². The molecular weight excluding hydrogens is 234 g/mol. The van der Waals surface area contributed by atoms with Crippen LogP contribution in [0.15, 0.2) is 0 Å². The van der Waals surface area contributed by atoms with Crippen molar-refractivity contribution in [3.05, 3.63) is 0 Å². The van der Waals surface area contributed by atoms with E-state index in [0.717, 1.165) is 6.42 Å². The maximum absolute atomic E-state index is 11.3. The molecule has 0 aliphatic rings. The Bertz CT molecular complexity index is 278. The Hall–Kier alpha value is -1.10. The second-order valence-corrected chi connectivity index (χ2v) is 5.22. The van der Waals surface area contributed by atoms with Gasteiger partial charge in [-0.3, -0.25) is 14.5 Å². The zero-order chi connectivity index (χ0) is 14.3. The Morgan fingerprint density at radius 3 is 2.00 bits per heavy atom. The van der Waals surface area contributed by atoms with Gasteiger partial charge in [-0.25, -0.2) is 0 Å². The first-order valence-electron chi connectivity index (χ1n) is 6.49. The second-order valence-electron chi connectivity index (χ2n) is 5.22. The summed E-state index contributed by atoms with van der Waals surface area (Å²) in [7, 11) is 0. The lowest BCUT2D eigenvalue weighted by atomic mass is 10.0. The van der Waals surface area contributed by atoms with Crippen molar-refractivity contribution in [2.45, 2.75) is 46.6 Å². The van der Waals surface area contributed by atoms with E-state index < -0.39 is 23.9 Å². The minimum Gasteiger partial charge on any atom is -0.481 e. The molecule has 0 saturated carbocycles. The molecule has 0 radical (unpaired) electrons. The highest BCUT2D eigenvalue weighted by Crippen LogP contribution is 2.15. The molecule has 0 spiro atoms. The molecule has 106 valence electrons. The second kappa shape index (κ2) is 8.08. The summed E-state index contributed by atoms with van der Waals surface area (Å²) in [6, 6.07) is -0.591. The van der Waals surface area contributed by atoms with Crippen molar-refractivity contribution >= 4 is 11.9 Å². The molecule has 2 atom stereocenters. The van der Waals surface area contributed by atoms with Crippen molar-refractivity contribution in [3.8, 4) is 0 Å². The first-order chi connectivity index (χ1) is 8.29. The number of carboxylic acids is 2. The molecular formula is C13H25NO4. The molecule has 0 aliphatic heterocycles. The predicted molar refractivity (Wildman–Crippen MR) is 69.5 cm³/mol. The Morgan fingerprint density at radius 1 is 1.11 bits per heavy atom. The molecule has 0 saturated heterocycles. The number of aliphatic carboxylic acids is 2. The van der Waals surface area contributed by atoms with Crippen molar-refractivity contribution in [2.24, 2.45) is 11.8 Å². The molecule has 0 aromatic carbocycles.